The maximum Gasteiger partial charge on any atom is 0.326 e. The number of allylic oxidation sites excluding steroid dienone is 1. The second-order valence-electron chi connectivity index (χ2n) is 3.99. The molecule has 1 atom stereocenters. The Hall–Kier alpha value is -1.14. The molecule has 0 aliphatic heterocycles. The molecule has 2 N–H and O–H groups in total. The Labute approximate surface area is 124 Å². The van der Waals surface area contributed by atoms with Crippen molar-refractivity contribution in [3.05, 3.63) is 32.9 Å². The van der Waals surface area contributed by atoms with Crippen molar-refractivity contribution in [3.63, 3.8) is 0 Å². The summed E-state index contributed by atoms with van der Waals surface area (Å²) in [5, 5.41) is 13.5. The van der Waals surface area contributed by atoms with E-state index in [4.69, 9.17) is 5.11 Å². The Morgan fingerprint density at radius 1 is 1.58 bits per heavy atom. The van der Waals surface area contributed by atoms with Crippen molar-refractivity contribution in [2.24, 2.45) is 0 Å². The largest absolute Gasteiger partial charge is 0.480 e. The maximum absolute atomic E-state index is 11.7. The zero-order valence-corrected chi connectivity index (χ0v) is 13.0. The third-order valence-electron chi connectivity index (χ3n) is 2.46. The van der Waals surface area contributed by atoms with Crippen LogP contribution in [0.5, 0.6) is 0 Å². The van der Waals surface area contributed by atoms with Crippen LogP contribution in [0.15, 0.2) is 28.1 Å². The van der Waals surface area contributed by atoms with E-state index in [1.165, 1.54) is 0 Å². The smallest absolute Gasteiger partial charge is 0.326 e. The number of carboxylic acid groups (broad SMARTS) is 1. The zero-order chi connectivity index (χ0) is 14.3. The molecule has 1 aromatic heterocycles. The predicted molar refractivity (Wildman–Crippen MR) is 79.3 cm³/mol. The summed E-state index contributed by atoms with van der Waals surface area (Å²) in [6.45, 7) is 1.81. The summed E-state index contributed by atoms with van der Waals surface area (Å²) in [7, 11) is 0. The highest BCUT2D eigenvalue weighted by atomic mass is 79.9. The number of carbonyl (C=O) groups excluding carboxylic acids is 1. The topological polar surface area (TPSA) is 66.4 Å². The van der Waals surface area contributed by atoms with E-state index in [9.17, 15) is 9.59 Å². The number of hydrogen-bond acceptors (Lipinski definition) is 3. The summed E-state index contributed by atoms with van der Waals surface area (Å²) in [6.07, 6.45) is 4.73. The zero-order valence-electron chi connectivity index (χ0n) is 10.6. The molecule has 4 nitrogen and oxygen atoms in total. The van der Waals surface area contributed by atoms with E-state index in [2.05, 4.69) is 21.2 Å². The lowest BCUT2D eigenvalue weighted by Gasteiger charge is -2.12. The molecule has 1 heterocycles. The Morgan fingerprint density at radius 2 is 2.32 bits per heavy atom. The first-order chi connectivity index (χ1) is 9.02. The number of carboxylic acids is 1. The fourth-order valence-corrected chi connectivity index (χ4v) is 2.94. The summed E-state index contributed by atoms with van der Waals surface area (Å²) >= 11 is 4.93. The van der Waals surface area contributed by atoms with Gasteiger partial charge < -0.3 is 10.4 Å². The molecule has 0 aromatic carbocycles. The molecule has 1 aromatic rings. The molecule has 0 fully saturated rings. The Morgan fingerprint density at radius 3 is 2.84 bits per heavy atom. The normalized spacial score (nSPS) is 12.5. The Balaban J connectivity index is 2.42. The van der Waals surface area contributed by atoms with E-state index >= 15 is 0 Å². The monoisotopic (exact) mass is 345 g/mol. The van der Waals surface area contributed by atoms with Crippen molar-refractivity contribution in [1.29, 1.82) is 0 Å². The Bertz CT molecular complexity index is 470. The van der Waals surface area contributed by atoms with Crippen LogP contribution in [0.1, 0.15) is 24.6 Å². The summed E-state index contributed by atoms with van der Waals surface area (Å²) in [5.74, 6) is -1.24. The molecule has 0 spiro atoms. The number of halogens is 1. The van der Waals surface area contributed by atoms with Crippen molar-refractivity contribution >= 4 is 39.1 Å². The van der Waals surface area contributed by atoms with Gasteiger partial charge in [0.15, 0.2) is 0 Å². The standard InChI is InChI=1S/C13H16BrNO3S/c1-2-3-4-11(13(17)18)15-12(16)6-5-10-7-9(14)8-19-10/h2-3,7-8,11H,4-6H2,1H3,(H,15,16)(H,17,18)/b3-2+. The second-order valence-corrected chi connectivity index (χ2v) is 5.91. The lowest BCUT2D eigenvalue weighted by Crippen LogP contribution is -2.40. The average molecular weight is 346 g/mol. The van der Waals surface area contributed by atoms with Gasteiger partial charge in [0.05, 0.1) is 0 Å². The molecule has 6 heteroatoms. The molecule has 1 rings (SSSR count). The van der Waals surface area contributed by atoms with E-state index in [0.717, 1.165) is 9.35 Å². The third-order valence-corrected chi connectivity index (χ3v) is 4.22. The summed E-state index contributed by atoms with van der Waals surface area (Å²) in [5.41, 5.74) is 0. The van der Waals surface area contributed by atoms with Gasteiger partial charge >= 0.3 is 5.97 Å². The Kier molecular flexibility index (Phi) is 6.80. The van der Waals surface area contributed by atoms with Crippen LogP contribution in [0.2, 0.25) is 0 Å². The number of carbonyl (C=O) groups is 2. The van der Waals surface area contributed by atoms with Crippen molar-refractivity contribution in [3.8, 4) is 0 Å². The van der Waals surface area contributed by atoms with Gasteiger partial charge in [-0.15, -0.1) is 11.3 Å². The van der Waals surface area contributed by atoms with Crippen molar-refractivity contribution in [2.75, 3.05) is 0 Å². The van der Waals surface area contributed by atoms with Crippen molar-refractivity contribution < 1.29 is 14.7 Å². The van der Waals surface area contributed by atoms with Gasteiger partial charge in [-0.3, -0.25) is 4.79 Å². The highest BCUT2D eigenvalue weighted by Gasteiger charge is 2.18. The number of aliphatic carboxylic acids is 1. The first-order valence-corrected chi connectivity index (χ1v) is 7.56. The second kappa shape index (κ2) is 8.12. The van der Waals surface area contributed by atoms with E-state index in [-0.39, 0.29) is 5.91 Å². The van der Waals surface area contributed by atoms with Gasteiger partial charge in [0.1, 0.15) is 6.04 Å². The van der Waals surface area contributed by atoms with Gasteiger partial charge in [-0.25, -0.2) is 4.79 Å². The third kappa shape index (κ3) is 6.02. The molecular formula is C13H16BrNO3S. The quantitative estimate of drug-likeness (QED) is 0.746. The van der Waals surface area contributed by atoms with Crippen molar-refractivity contribution in [1.82, 2.24) is 5.32 Å². The summed E-state index contributed by atoms with van der Waals surface area (Å²) < 4.78 is 1.00. The molecule has 0 aliphatic rings. The van der Waals surface area contributed by atoms with Crippen LogP contribution in [-0.4, -0.2) is 23.0 Å². The first-order valence-electron chi connectivity index (χ1n) is 5.89. The number of aryl methyl sites for hydroxylation is 1. The number of hydrogen-bond donors (Lipinski definition) is 2. The molecular weight excluding hydrogens is 330 g/mol. The van der Waals surface area contributed by atoms with Crippen LogP contribution in [-0.2, 0) is 16.0 Å². The van der Waals surface area contributed by atoms with Gasteiger partial charge in [0.25, 0.3) is 0 Å². The predicted octanol–water partition coefficient (Wildman–Crippen LogP) is 2.98. The number of thiophene rings is 1. The fourth-order valence-electron chi connectivity index (χ4n) is 1.48. The van der Waals surface area contributed by atoms with Gasteiger partial charge in [-0.2, -0.15) is 0 Å². The molecule has 0 saturated heterocycles. The van der Waals surface area contributed by atoms with E-state index in [1.807, 2.05) is 18.4 Å². The van der Waals surface area contributed by atoms with Crippen LogP contribution in [0.25, 0.3) is 0 Å². The molecule has 0 aliphatic carbocycles. The minimum atomic E-state index is -1.01. The molecule has 19 heavy (non-hydrogen) atoms. The van der Waals surface area contributed by atoms with Crippen LogP contribution in [0.4, 0.5) is 0 Å². The minimum absolute atomic E-state index is 0.235. The lowest BCUT2D eigenvalue weighted by atomic mass is 10.2. The highest BCUT2D eigenvalue weighted by molar-refractivity contribution is 9.10. The van der Waals surface area contributed by atoms with Gasteiger partial charge in [0, 0.05) is 21.2 Å². The van der Waals surface area contributed by atoms with Crippen LogP contribution in [0, 0.1) is 0 Å². The SMILES string of the molecule is C/C=C/CC(NC(=O)CCc1cc(Br)cs1)C(=O)O. The average Bonchev–Trinajstić information content (AvgIpc) is 2.77. The highest BCUT2D eigenvalue weighted by Crippen LogP contribution is 2.20. The van der Waals surface area contributed by atoms with Crippen molar-refractivity contribution in [2.45, 2.75) is 32.2 Å². The number of rotatable bonds is 7. The molecule has 0 radical (unpaired) electrons. The van der Waals surface area contributed by atoms with E-state index < -0.39 is 12.0 Å². The van der Waals surface area contributed by atoms with Gasteiger partial charge in [0.2, 0.25) is 5.91 Å². The van der Waals surface area contributed by atoms with Crippen LogP contribution >= 0.6 is 27.3 Å². The maximum atomic E-state index is 11.7. The van der Waals surface area contributed by atoms with Gasteiger partial charge in [-0.05, 0) is 41.8 Å². The molecule has 1 unspecified atom stereocenters. The van der Waals surface area contributed by atoms with E-state index in [0.29, 0.717) is 19.3 Å². The van der Waals surface area contributed by atoms with Gasteiger partial charge in [-0.1, -0.05) is 12.2 Å². The summed E-state index contributed by atoms with van der Waals surface area (Å²) in [6, 6.07) is 1.12. The molecule has 1 amide bonds. The summed E-state index contributed by atoms with van der Waals surface area (Å²) in [4.78, 5) is 23.8. The minimum Gasteiger partial charge on any atom is -0.480 e. The molecule has 0 bridgehead atoms. The molecule has 104 valence electrons. The number of nitrogens with one attached hydrogen (secondary N) is 1. The number of amides is 1. The molecule has 0 saturated carbocycles. The lowest BCUT2D eigenvalue weighted by molar-refractivity contribution is -0.141. The van der Waals surface area contributed by atoms with Crippen LogP contribution in [0.3, 0.4) is 0 Å². The first kappa shape index (κ1) is 15.9. The van der Waals surface area contributed by atoms with Crippen LogP contribution < -0.4 is 5.32 Å². The van der Waals surface area contributed by atoms with E-state index in [1.54, 1.807) is 23.5 Å². The fraction of sp³-hybridized carbons (Fsp3) is 0.385.